The third-order valence-corrected chi connectivity index (χ3v) is 4.52. The Hall–Kier alpha value is -2.12. The molecule has 0 aliphatic carbocycles. The normalized spacial score (nSPS) is 10.8. The summed E-state index contributed by atoms with van der Waals surface area (Å²) in [5.41, 5.74) is 2.27. The molecule has 1 heterocycles. The molecule has 1 aromatic carbocycles. The Kier molecular flexibility index (Phi) is 7.87. The first-order valence-electron chi connectivity index (χ1n) is 8.62. The molecular weight excluding hydrogens is 398 g/mol. The first-order valence-corrected chi connectivity index (χ1v) is 9.42. The van der Waals surface area contributed by atoms with Crippen molar-refractivity contribution in [1.29, 1.82) is 0 Å². The van der Waals surface area contributed by atoms with Gasteiger partial charge in [-0.3, -0.25) is 14.5 Å². The highest BCUT2D eigenvalue weighted by molar-refractivity contribution is 9.10. The lowest BCUT2D eigenvalue weighted by Gasteiger charge is -2.20. The highest BCUT2D eigenvalue weighted by Gasteiger charge is 2.12. The summed E-state index contributed by atoms with van der Waals surface area (Å²) in [7, 11) is 0. The highest BCUT2D eigenvalue weighted by atomic mass is 79.9. The molecule has 26 heavy (non-hydrogen) atoms. The number of nitrogens with zero attached hydrogens (tertiary/aromatic N) is 1. The van der Waals surface area contributed by atoms with Crippen LogP contribution >= 0.6 is 15.9 Å². The molecule has 0 atom stereocenters. The third-order valence-electron chi connectivity index (χ3n) is 4.09. The van der Waals surface area contributed by atoms with Crippen LogP contribution in [0.1, 0.15) is 35.5 Å². The standard InChI is InChI=1S/C19H24BrN3O3/c1-3-23(4-2)13-15-8-6-5-7-14(15)11-21-18(24)12-22-19(25)16-9-10-17(20)26-16/h5-10H,3-4,11-13H2,1-2H3,(H,21,24)(H,22,25). The van der Waals surface area contributed by atoms with Crippen molar-refractivity contribution < 1.29 is 14.0 Å². The number of rotatable bonds is 9. The number of hydrogen-bond acceptors (Lipinski definition) is 4. The second kappa shape index (κ2) is 10.1. The van der Waals surface area contributed by atoms with Gasteiger partial charge in [0.15, 0.2) is 10.4 Å². The fourth-order valence-electron chi connectivity index (χ4n) is 2.51. The Morgan fingerprint density at radius 2 is 1.73 bits per heavy atom. The van der Waals surface area contributed by atoms with Gasteiger partial charge in [0.2, 0.25) is 5.91 Å². The zero-order valence-corrected chi connectivity index (χ0v) is 16.6. The molecule has 0 spiro atoms. The van der Waals surface area contributed by atoms with E-state index in [1.54, 1.807) is 12.1 Å². The zero-order valence-electron chi connectivity index (χ0n) is 15.0. The predicted molar refractivity (Wildman–Crippen MR) is 104 cm³/mol. The van der Waals surface area contributed by atoms with Crippen LogP contribution in [0.5, 0.6) is 0 Å². The fourth-order valence-corrected chi connectivity index (χ4v) is 2.82. The molecule has 7 heteroatoms. The van der Waals surface area contributed by atoms with Crippen molar-refractivity contribution in [2.24, 2.45) is 0 Å². The maximum atomic E-state index is 12.0. The lowest BCUT2D eigenvalue weighted by molar-refractivity contribution is -0.120. The molecular formula is C19H24BrN3O3. The van der Waals surface area contributed by atoms with E-state index in [0.717, 1.165) is 25.2 Å². The van der Waals surface area contributed by atoms with Crippen LogP contribution in [0.15, 0.2) is 45.5 Å². The van der Waals surface area contributed by atoms with E-state index >= 15 is 0 Å². The summed E-state index contributed by atoms with van der Waals surface area (Å²) in [4.78, 5) is 26.2. The summed E-state index contributed by atoms with van der Waals surface area (Å²) >= 11 is 3.14. The number of benzene rings is 1. The van der Waals surface area contributed by atoms with Gasteiger partial charge < -0.3 is 15.1 Å². The number of carbonyl (C=O) groups is 2. The summed E-state index contributed by atoms with van der Waals surface area (Å²) < 4.78 is 5.62. The van der Waals surface area contributed by atoms with Gasteiger partial charge in [0.05, 0.1) is 6.54 Å². The molecule has 2 N–H and O–H groups in total. The molecule has 2 amide bonds. The van der Waals surface area contributed by atoms with Gasteiger partial charge in [-0.05, 0) is 52.3 Å². The van der Waals surface area contributed by atoms with Crippen LogP contribution < -0.4 is 10.6 Å². The lowest BCUT2D eigenvalue weighted by Crippen LogP contribution is -2.36. The minimum Gasteiger partial charge on any atom is -0.444 e. The van der Waals surface area contributed by atoms with Crippen molar-refractivity contribution in [1.82, 2.24) is 15.5 Å². The van der Waals surface area contributed by atoms with Gasteiger partial charge in [-0.15, -0.1) is 0 Å². The second-order valence-electron chi connectivity index (χ2n) is 5.79. The topological polar surface area (TPSA) is 74.6 Å². The van der Waals surface area contributed by atoms with E-state index in [2.05, 4.69) is 51.4 Å². The minimum absolute atomic E-state index is 0.102. The maximum Gasteiger partial charge on any atom is 0.287 e. The molecule has 0 aliphatic rings. The van der Waals surface area contributed by atoms with Gasteiger partial charge in [0.1, 0.15) is 0 Å². The number of halogens is 1. The molecule has 0 bridgehead atoms. The van der Waals surface area contributed by atoms with Gasteiger partial charge in [-0.25, -0.2) is 0 Å². The van der Waals surface area contributed by atoms with Crippen LogP contribution in [-0.4, -0.2) is 36.3 Å². The molecule has 2 rings (SSSR count). The number of furan rings is 1. The quantitative estimate of drug-likeness (QED) is 0.652. The zero-order chi connectivity index (χ0) is 18.9. The van der Waals surface area contributed by atoms with Gasteiger partial charge in [0, 0.05) is 13.1 Å². The third kappa shape index (κ3) is 6.00. The van der Waals surface area contributed by atoms with Crippen molar-refractivity contribution in [3.63, 3.8) is 0 Å². The van der Waals surface area contributed by atoms with Gasteiger partial charge >= 0.3 is 0 Å². The predicted octanol–water partition coefficient (Wildman–Crippen LogP) is 2.93. The van der Waals surface area contributed by atoms with Crippen molar-refractivity contribution >= 4 is 27.7 Å². The lowest BCUT2D eigenvalue weighted by atomic mass is 10.1. The summed E-state index contributed by atoms with van der Waals surface area (Å²) in [6.07, 6.45) is 0. The molecule has 0 unspecified atom stereocenters. The van der Waals surface area contributed by atoms with Crippen LogP contribution in [0.2, 0.25) is 0 Å². The molecule has 1 aromatic heterocycles. The molecule has 140 valence electrons. The molecule has 0 saturated carbocycles. The highest BCUT2D eigenvalue weighted by Crippen LogP contribution is 2.14. The Bertz CT molecular complexity index is 741. The number of hydrogen-bond donors (Lipinski definition) is 2. The van der Waals surface area contributed by atoms with Crippen molar-refractivity contribution in [2.75, 3.05) is 19.6 Å². The van der Waals surface area contributed by atoms with E-state index in [1.165, 1.54) is 5.56 Å². The monoisotopic (exact) mass is 421 g/mol. The first kappa shape index (κ1) is 20.2. The average Bonchev–Trinajstić information content (AvgIpc) is 3.09. The SMILES string of the molecule is CCN(CC)Cc1ccccc1CNC(=O)CNC(=O)c1ccc(Br)o1. The van der Waals surface area contributed by atoms with Crippen LogP contribution in [0.25, 0.3) is 0 Å². The Morgan fingerprint density at radius 3 is 2.35 bits per heavy atom. The molecule has 0 saturated heterocycles. The number of nitrogens with one attached hydrogen (secondary N) is 2. The smallest absolute Gasteiger partial charge is 0.287 e. The minimum atomic E-state index is -0.423. The van der Waals surface area contributed by atoms with Gasteiger partial charge in [-0.2, -0.15) is 0 Å². The summed E-state index contributed by atoms with van der Waals surface area (Å²) in [5.74, 6) is -0.511. The van der Waals surface area contributed by atoms with Crippen LogP contribution in [0, 0.1) is 0 Å². The van der Waals surface area contributed by atoms with Gasteiger partial charge in [-0.1, -0.05) is 38.1 Å². The van der Waals surface area contributed by atoms with Crippen molar-refractivity contribution in [3.8, 4) is 0 Å². The van der Waals surface area contributed by atoms with E-state index < -0.39 is 5.91 Å². The number of amides is 2. The van der Waals surface area contributed by atoms with Gasteiger partial charge in [0.25, 0.3) is 5.91 Å². The molecule has 2 aromatic rings. The largest absolute Gasteiger partial charge is 0.444 e. The average molecular weight is 422 g/mol. The summed E-state index contributed by atoms with van der Waals surface area (Å²) in [5, 5.41) is 5.39. The second-order valence-corrected chi connectivity index (χ2v) is 6.57. The molecule has 0 radical (unpaired) electrons. The first-order chi connectivity index (χ1) is 12.5. The fraction of sp³-hybridized carbons (Fsp3) is 0.368. The Balaban J connectivity index is 1.84. The van der Waals surface area contributed by atoms with Crippen molar-refractivity contribution in [3.05, 3.63) is 58.0 Å². The van der Waals surface area contributed by atoms with Crippen LogP contribution in [0.3, 0.4) is 0 Å². The van der Waals surface area contributed by atoms with E-state index in [0.29, 0.717) is 11.2 Å². The number of carbonyl (C=O) groups excluding carboxylic acids is 2. The Labute approximate surface area is 162 Å². The molecule has 6 nitrogen and oxygen atoms in total. The summed E-state index contributed by atoms with van der Waals surface area (Å²) in [6, 6.07) is 11.2. The van der Waals surface area contributed by atoms with Crippen LogP contribution in [0.4, 0.5) is 0 Å². The van der Waals surface area contributed by atoms with E-state index in [-0.39, 0.29) is 18.2 Å². The van der Waals surface area contributed by atoms with E-state index in [9.17, 15) is 9.59 Å². The van der Waals surface area contributed by atoms with Crippen LogP contribution in [-0.2, 0) is 17.9 Å². The summed E-state index contributed by atoms with van der Waals surface area (Å²) in [6.45, 7) is 7.40. The maximum absolute atomic E-state index is 12.0. The molecule has 0 fully saturated rings. The van der Waals surface area contributed by atoms with Crippen molar-refractivity contribution in [2.45, 2.75) is 26.9 Å². The van der Waals surface area contributed by atoms with E-state index in [4.69, 9.17) is 4.42 Å². The van der Waals surface area contributed by atoms with E-state index in [1.807, 2.05) is 18.2 Å². The molecule has 0 aliphatic heterocycles. The Morgan fingerprint density at radius 1 is 1.04 bits per heavy atom.